The molecule has 1 aliphatic carbocycles. The molecule has 154 valence electrons. The molecule has 1 aliphatic heterocycles. The third-order valence-corrected chi connectivity index (χ3v) is 4.96. The van der Waals surface area contributed by atoms with Crippen LogP contribution in [0.15, 0.2) is 36.4 Å². The van der Waals surface area contributed by atoms with E-state index in [0.717, 1.165) is 4.90 Å². The average molecular weight is 400 g/mol. The van der Waals surface area contributed by atoms with E-state index in [4.69, 9.17) is 9.47 Å². The van der Waals surface area contributed by atoms with Crippen LogP contribution in [0, 0.1) is 11.8 Å². The summed E-state index contributed by atoms with van der Waals surface area (Å²) in [7, 11) is 0. The molecule has 0 aromatic heterocycles. The second-order valence-corrected chi connectivity index (χ2v) is 6.87. The third-order valence-electron chi connectivity index (χ3n) is 4.96. The van der Waals surface area contributed by atoms with Crippen molar-refractivity contribution in [2.75, 3.05) is 25.1 Å². The van der Waals surface area contributed by atoms with Gasteiger partial charge in [-0.3, -0.25) is 24.1 Å². The molecular formula is C21H24N2O6. The number of fused-ring (bicyclic) bond motifs is 1. The molecule has 0 bridgehead atoms. The topological polar surface area (TPSA) is 102 Å². The van der Waals surface area contributed by atoms with E-state index in [0.29, 0.717) is 30.9 Å². The predicted molar refractivity (Wildman–Crippen MR) is 104 cm³/mol. The highest BCUT2D eigenvalue weighted by Gasteiger charge is 2.46. The minimum atomic E-state index is -0.646. The van der Waals surface area contributed by atoms with Gasteiger partial charge in [-0.15, -0.1) is 0 Å². The van der Waals surface area contributed by atoms with E-state index in [2.05, 4.69) is 5.32 Å². The maximum absolute atomic E-state index is 12.4. The largest absolute Gasteiger partial charge is 0.492 e. The molecule has 1 saturated heterocycles. The number of imide groups is 1. The number of hydrogen-bond donors (Lipinski definition) is 1. The number of nitrogens with zero attached hydrogens (tertiary/aromatic N) is 1. The van der Waals surface area contributed by atoms with Crippen molar-refractivity contribution in [3.63, 3.8) is 0 Å². The van der Waals surface area contributed by atoms with Crippen LogP contribution in [0.3, 0.4) is 0 Å². The second kappa shape index (κ2) is 9.36. The van der Waals surface area contributed by atoms with Gasteiger partial charge in [-0.05, 0) is 31.9 Å². The lowest BCUT2D eigenvalue weighted by Gasteiger charge is -2.14. The number of benzene rings is 1. The molecule has 1 aromatic rings. The van der Waals surface area contributed by atoms with Crippen molar-refractivity contribution < 1.29 is 28.7 Å². The average Bonchev–Trinajstić information content (AvgIpc) is 2.97. The summed E-state index contributed by atoms with van der Waals surface area (Å²) in [5, 5.41) is 2.63. The van der Waals surface area contributed by atoms with Crippen molar-refractivity contribution in [2.24, 2.45) is 11.8 Å². The molecule has 0 radical (unpaired) electrons. The fourth-order valence-electron chi connectivity index (χ4n) is 3.55. The van der Waals surface area contributed by atoms with Gasteiger partial charge in [-0.25, -0.2) is 0 Å². The Kier molecular flexibility index (Phi) is 6.64. The van der Waals surface area contributed by atoms with Crippen LogP contribution in [0.5, 0.6) is 5.75 Å². The number of ether oxygens (including phenoxy) is 2. The molecule has 1 heterocycles. The van der Waals surface area contributed by atoms with E-state index in [-0.39, 0.29) is 36.6 Å². The van der Waals surface area contributed by atoms with Crippen LogP contribution < -0.4 is 10.1 Å². The summed E-state index contributed by atoms with van der Waals surface area (Å²) >= 11 is 0. The van der Waals surface area contributed by atoms with E-state index >= 15 is 0 Å². The van der Waals surface area contributed by atoms with Gasteiger partial charge < -0.3 is 14.8 Å². The van der Waals surface area contributed by atoms with Gasteiger partial charge >= 0.3 is 5.97 Å². The first-order valence-electron chi connectivity index (χ1n) is 9.68. The lowest BCUT2D eigenvalue weighted by molar-refractivity contribution is -0.148. The van der Waals surface area contributed by atoms with Gasteiger partial charge in [-0.1, -0.05) is 24.3 Å². The molecule has 0 saturated carbocycles. The number of allylic oxidation sites excluding steroid dienone is 2. The normalized spacial score (nSPS) is 20.4. The Balaban J connectivity index is 1.44. The van der Waals surface area contributed by atoms with Crippen molar-refractivity contribution in [3.05, 3.63) is 36.4 Å². The Morgan fingerprint density at radius 3 is 2.41 bits per heavy atom. The number of likely N-dealkylation sites (tertiary alicyclic amines) is 1. The highest BCUT2D eigenvalue weighted by atomic mass is 16.5. The van der Waals surface area contributed by atoms with E-state index < -0.39 is 18.5 Å². The first-order chi connectivity index (χ1) is 14.0. The standard InChI is InChI=1S/C21H24N2O6/c1-2-28-17-10-6-5-9-16(17)22-18(24)13-29-19(25)11-12-23-20(26)14-7-3-4-8-15(14)21(23)27/h3-6,9-10,14-15H,2,7-8,11-13H2,1H3,(H,22,24). The van der Waals surface area contributed by atoms with Crippen molar-refractivity contribution in [1.82, 2.24) is 4.90 Å². The molecule has 8 nitrogen and oxygen atoms in total. The lowest BCUT2D eigenvalue weighted by Crippen LogP contribution is -2.33. The van der Waals surface area contributed by atoms with Crippen molar-refractivity contribution in [2.45, 2.75) is 26.2 Å². The van der Waals surface area contributed by atoms with Crippen LogP contribution in [0.2, 0.25) is 0 Å². The maximum atomic E-state index is 12.4. The second-order valence-electron chi connectivity index (χ2n) is 6.87. The van der Waals surface area contributed by atoms with E-state index in [1.807, 2.05) is 19.1 Å². The Morgan fingerprint density at radius 1 is 1.10 bits per heavy atom. The molecule has 29 heavy (non-hydrogen) atoms. The van der Waals surface area contributed by atoms with E-state index in [1.54, 1.807) is 24.3 Å². The molecule has 3 rings (SSSR count). The molecular weight excluding hydrogens is 376 g/mol. The SMILES string of the molecule is CCOc1ccccc1NC(=O)COC(=O)CCN1C(=O)C2CC=CCC2C1=O. The highest BCUT2D eigenvalue weighted by Crippen LogP contribution is 2.35. The van der Waals surface area contributed by atoms with Crippen molar-refractivity contribution in [1.29, 1.82) is 0 Å². The zero-order chi connectivity index (χ0) is 20.8. The Labute approximate surface area is 168 Å². The Bertz CT molecular complexity index is 808. The van der Waals surface area contributed by atoms with Crippen LogP contribution in [-0.4, -0.2) is 48.3 Å². The molecule has 1 aromatic carbocycles. The van der Waals surface area contributed by atoms with Gasteiger partial charge in [0.15, 0.2) is 6.61 Å². The predicted octanol–water partition coefficient (Wildman–Crippen LogP) is 1.91. The Hall–Kier alpha value is -3.16. The van der Waals surface area contributed by atoms with Crippen molar-refractivity contribution >= 4 is 29.4 Å². The van der Waals surface area contributed by atoms with E-state index in [1.165, 1.54) is 0 Å². The number of hydrogen-bond acceptors (Lipinski definition) is 6. The van der Waals surface area contributed by atoms with Gasteiger partial charge in [0.05, 0.1) is 30.6 Å². The fourth-order valence-corrected chi connectivity index (χ4v) is 3.55. The number of amides is 3. The first-order valence-corrected chi connectivity index (χ1v) is 9.68. The summed E-state index contributed by atoms with van der Waals surface area (Å²) in [6, 6.07) is 6.95. The molecule has 1 N–H and O–H groups in total. The Morgan fingerprint density at radius 2 is 1.76 bits per heavy atom. The summed E-state index contributed by atoms with van der Waals surface area (Å²) < 4.78 is 10.4. The first kappa shape index (κ1) is 20.6. The van der Waals surface area contributed by atoms with Crippen molar-refractivity contribution in [3.8, 4) is 5.75 Å². The summed E-state index contributed by atoms with van der Waals surface area (Å²) in [6.07, 6.45) is 4.78. The minimum absolute atomic E-state index is 0.0295. The molecule has 2 unspecified atom stereocenters. The zero-order valence-electron chi connectivity index (χ0n) is 16.3. The number of carbonyl (C=O) groups is 4. The maximum Gasteiger partial charge on any atom is 0.308 e. The number of rotatable bonds is 8. The molecule has 8 heteroatoms. The molecule has 0 spiro atoms. The minimum Gasteiger partial charge on any atom is -0.492 e. The zero-order valence-corrected chi connectivity index (χ0v) is 16.3. The van der Waals surface area contributed by atoms with Crippen LogP contribution in [-0.2, 0) is 23.9 Å². The summed E-state index contributed by atoms with van der Waals surface area (Å²) in [6.45, 7) is 1.80. The smallest absolute Gasteiger partial charge is 0.308 e. The quantitative estimate of drug-likeness (QED) is 0.406. The number of para-hydroxylation sites is 2. The van der Waals surface area contributed by atoms with Crippen LogP contribution >= 0.6 is 0 Å². The van der Waals surface area contributed by atoms with Crippen LogP contribution in [0.25, 0.3) is 0 Å². The third kappa shape index (κ3) is 4.82. The number of nitrogens with one attached hydrogen (secondary N) is 1. The van der Waals surface area contributed by atoms with Gasteiger partial charge in [0.2, 0.25) is 11.8 Å². The molecule has 2 atom stereocenters. The highest BCUT2D eigenvalue weighted by molar-refractivity contribution is 6.05. The summed E-state index contributed by atoms with van der Waals surface area (Å²) in [5.41, 5.74) is 0.486. The van der Waals surface area contributed by atoms with E-state index in [9.17, 15) is 19.2 Å². The van der Waals surface area contributed by atoms with Gasteiger partial charge in [0.1, 0.15) is 5.75 Å². The van der Waals surface area contributed by atoms with Gasteiger partial charge in [-0.2, -0.15) is 0 Å². The van der Waals surface area contributed by atoms with Crippen LogP contribution in [0.4, 0.5) is 5.69 Å². The molecule has 1 fully saturated rings. The summed E-state index contributed by atoms with van der Waals surface area (Å²) in [5.74, 6) is -1.73. The van der Waals surface area contributed by atoms with Gasteiger partial charge in [0, 0.05) is 6.54 Å². The lowest BCUT2D eigenvalue weighted by atomic mass is 9.85. The number of esters is 1. The molecule has 3 amide bonds. The summed E-state index contributed by atoms with van der Waals surface area (Å²) in [4.78, 5) is 49.9. The molecule has 2 aliphatic rings. The fraction of sp³-hybridized carbons (Fsp3) is 0.429. The number of anilines is 1. The monoisotopic (exact) mass is 400 g/mol. The number of carbonyl (C=O) groups excluding carboxylic acids is 4. The van der Waals surface area contributed by atoms with Crippen LogP contribution in [0.1, 0.15) is 26.2 Å². The van der Waals surface area contributed by atoms with Gasteiger partial charge in [0.25, 0.3) is 5.91 Å².